The first kappa shape index (κ1) is 20.6. The number of benzene rings is 2. The third-order valence-electron chi connectivity index (χ3n) is 5.43. The minimum absolute atomic E-state index is 0.0459. The van der Waals surface area contributed by atoms with Crippen LogP contribution in [-0.2, 0) is 11.3 Å². The lowest BCUT2D eigenvalue weighted by molar-refractivity contribution is -0.121. The van der Waals surface area contributed by atoms with E-state index in [-0.39, 0.29) is 11.8 Å². The van der Waals surface area contributed by atoms with E-state index in [1.807, 2.05) is 61.7 Å². The third-order valence-corrected chi connectivity index (χ3v) is 6.15. The molecule has 1 amide bonds. The van der Waals surface area contributed by atoms with Gasteiger partial charge in [0.2, 0.25) is 17.6 Å². The van der Waals surface area contributed by atoms with Crippen LogP contribution in [0.25, 0.3) is 11.4 Å². The summed E-state index contributed by atoms with van der Waals surface area (Å²) in [5.41, 5.74) is 2.95. The fourth-order valence-corrected chi connectivity index (χ4v) is 4.26. The summed E-state index contributed by atoms with van der Waals surface area (Å²) in [7, 11) is 0. The lowest BCUT2D eigenvalue weighted by Crippen LogP contribution is -2.40. The number of anilines is 1. The van der Waals surface area contributed by atoms with Crippen molar-refractivity contribution in [3.63, 3.8) is 0 Å². The first-order valence-corrected chi connectivity index (χ1v) is 11.4. The van der Waals surface area contributed by atoms with Gasteiger partial charge in [-0.25, -0.2) is 0 Å². The second-order valence-corrected chi connectivity index (χ2v) is 8.50. The van der Waals surface area contributed by atoms with Crippen molar-refractivity contribution in [1.29, 1.82) is 0 Å². The quantitative estimate of drug-likeness (QED) is 0.585. The van der Waals surface area contributed by atoms with E-state index >= 15 is 0 Å². The molecule has 1 aromatic heterocycles. The zero-order valence-electron chi connectivity index (χ0n) is 17.3. The number of thioether (sulfide) groups is 1. The average molecular weight is 423 g/mol. The van der Waals surface area contributed by atoms with Crippen molar-refractivity contribution in [2.24, 2.45) is 5.92 Å². The Morgan fingerprint density at radius 2 is 2.13 bits per heavy atom. The molecule has 1 N–H and O–H groups in total. The van der Waals surface area contributed by atoms with E-state index in [4.69, 9.17) is 4.52 Å². The number of rotatable bonds is 6. The number of nitrogens with one attached hydrogen (secondary N) is 1. The molecule has 30 heavy (non-hydrogen) atoms. The second-order valence-electron chi connectivity index (χ2n) is 7.62. The van der Waals surface area contributed by atoms with E-state index in [1.54, 1.807) is 11.8 Å². The van der Waals surface area contributed by atoms with Gasteiger partial charge in [0.05, 0.1) is 12.5 Å². The zero-order chi connectivity index (χ0) is 20.9. The number of carbonyl (C=O) groups excluding carboxylic acids is 1. The van der Waals surface area contributed by atoms with Gasteiger partial charge in [-0.1, -0.05) is 35.5 Å². The highest BCUT2D eigenvalue weighted by Gasteiger charge is 2.27. The number of hydrogen-bond donors (Lipinski definition) is 1. The Morgan fingerprint density at radius 3 is 2.97 bits per heavy atom. The van der Waals surface area contributed by atoms with Gasteiger partial charge in [-0.15, -0.1) is 11.8 Å². The molecule has 3 aromatic rings. The maximum Gasteiger partial charge on any atom is 0.241 e. The Morgan fingerprint density at radius 1 is 1.27 bits per heavy atom. The van der Waals surface area contributed by atoms with Gasteiger partial charge in [-0.05, 0) is 56.3 Å². The minimum atomic E-state index is -0.0459. The molecule has 6 nitrogen and oxygen atoms in total. The SMILES string of the molecule is CSc1cccc(NC(=O)C2CCCN(Cc3nc(-c4ccccc4C)no3)C2)c1. The highest BCUT2D eigenvalue weighted by atomic mass is 32.2. The number of carbonyl (C=O) groups is 1. The highest BCUT2D eigenvalue weighted by Crippen LogP contribution is 2.24. The maximum absolute atomic E-state index is 12.8. The molecule has 1 atom stereocenters. The summed E-state index contributed by atoms with van der Waals surface area (Å²) < 4.78 is 5.49. The van der Waals surface area contributed by atoms with Gasteiger partial charge in [0.15, 0.2) is 0 Å². The molecule has 0 radical (unpaired) electrons. The molecule has 1 saturated heterocycles. The Kier molecular flexibility index (Phi) is 6.50. The molecule has 0 saturated carbocycles. The number of aryl methyl sites for hydroxylation is 1. The normalized spacial score (nSPS) is 17.1. The van der Waals surface area contributed by atoms with Crippen LogP contribution in [0.1, 0.15) is 24.3 Å². The van der Waals surface area contributed by atoms with E-state index in [1.165, 1.54) is 0 Å². The molecular weight excluding hydrogens is 396 g/mol. The molecule has 1 aliphatic rings. The zero-order valence-corrected chi connectivity index (χ0v) is 18.1. The van der Waals surface area contributed by atoms with Crippen LogP contribution < -0.4 is 5.32 Å². The van der Waals surface area contributed by atoms with Crippen molar-refractivity contribution in [2.45, 2.75) is 31.2 Å². The predicted molar refractivity (Wildman–Crippen MR) is 119 cm³/mol. The highest BCUT2D eigenvalue weighted by molar-refractivity contribution is 7.98. The third kappa shape index (κ3) is 4.91. The Balaban J connectivity index is 1.37. The van der Waals surface area contributed by atoms with Crippen LogP contribution in [-0.4, -0.2) is 40.3 Å². The van der Waals surface area contributed by atoms with Gasteiger partial charge in [0, 0.05) is 22.7 Å². The summed E-state index contributed by atoms with van der Waals surface area (Å²) in [5.74, 6) is 1.23. The number of nitrogens with zero attached hydrogens (tertiary/aromatic N) is 3. The summed E-state index contributed by atoms with van der Waals surface area (Å²) in [4.78, 5) is 20.7. The van der Waals surface area contributed by atoms with E-state index in [0.717, 1.165) is 41.1 Å². The van der Waals surface area contributed by atoms with Crippen LogP contribution in [0, 0.1) is 12.8 Å². The summed E-state index contributed by atoms with van der Waals surface area (Å²) >= 11 is 1.67. The van der Waals surface area contributed by atoms with Crippen LogP contribution in [0.2, 0.25) is 0 Å². The molecule has 0 bridgehead atoms. The Hall–Kier alpha value is -2.64. The molecule has 1 unspecified atom stereocenters. The smallest absolute Gasteiger partial charge is 0.241 e. The monoisotopic (exact) mass is 422 g/mol. The molecule has 4 rings (SSSR count). The fourth-order valence-electron chi connectivity index (χ4n) is 3.80. The van der Waals surface area contributed by atoms with Gasteiger partial charge < -0.3 is 9.84 Å². The first-order chi connectivity index (χ1) is 14.6. The van der Waals surface area contributed by atoms with Gasteiger partial charge in [0.1, 0.15) is 0 Å². The predicted octanol–water partition coefficient (Wildman–Crippen LogP) is 4.62. The topological polar surface area (TPSA) is 71.3 Å². The first-order valence-electron chi connectivity index (χ1n) is 10.2. The largest absolute Gasteiger partial charge is 0.338 e. The van der Waals surface area contributed by atoms with Crippen molar-refractivity contribution >= 4 is 23.4 Å². The Bertz CT molecular complexity index is 1020. The molecule has 0 spiro atoms. The van der Waals surface area contributed by atoms with Crippen LogP contribution in [0.3, 0.4) is 0 Å². The van der Waals surface area contributed by atoms with Gasteiger partial charge in [-0.2, -0.15) is 4.98 Å². The van der Waals surface area contributed by atoms with Crippen LogP contribution in [0.15, 0.2) is 57.9 Å². The number of piperidine rings is 1. The summed E-state index contributed by atoms with van der Waals surface area (Å²) in [6, 6.07) is 16.0. The van der Waals surface area contributed by atoms with E-state index < -0.39 is 0 Å². The maximum atomic E-state index is 12.8. The number of amides is 1. The molecule has 2 heterocycles. The Labute approximate surface area is 181 Å². The van der Waals surface area contributed by atoms with Gasteiger partial charge >= 0.3 is 0 Å². The van der Waals surface area contributed by atoms with Crippen molar-refractivity contribution in [3.05, 3.63) is 60.0 Å². The van der Waals surface area contributed by atoms with Crippen LogP contribution in [0.5, 0.6) is 0 Å². The van der Waals surface area contributed by atoms with Gasteiger partial charge in [0.25, 0.3) is 0 Å². The fraction of sp³-hybridized carbons (Fsp3) is 0.348. The molecule has 156 valence electrons. The van der Waals surface area contributed by atoms with Crippen molar-refractivity contribution in [2.75, 3.05) is 24.7 Å². The molecule has 7 heteroatoms. The second kappa shape index (κ2) is 9.45. The molecule has 1 aliphatic heterocycles. The lowest BCUT2D eigenvalue weighted by Gasteiger charge is -2.30. The van der Waals surface area contributed by atoms with E-state index in [2.05, 4.69) is 20.4 Å². The van der Waals surface area contributed by atoms with Crippen molar-refractivity contribution < 1.29 is 9.32 Å². The molecule has 0 aliphatic carbocycles. The molecule has 2 aromatic carbocycles. The minimum Gasteiger partial charge on any atom is -0.338 e. The van der Waals surface area contributed by atoms with E-state index in [0.29, 0.717) is 24.8 Å². The lowest BCUT2D eigenvalue weighted by atomic mass is 9.97. The molecular formula is C23H26N4O2S. The van der Waals surface area contributed by atoms with Crippen LogP contribution >= 0.6 is 11.8 Å². The van der Waals surface area contributed by atoms with Crippen molar-refractivity contribution in [3.8, 4) is 11.4 Å². The van der Waals surface area contributed by atoms with Crippen molar-refractivity contribution in [1.82, 2.24) is 15.0 Å². The number of aromatic nitrogens is 2. The van der Waals surface area contributed by atoms with E-state index in [9.17, 15) is 4.79 Å². The molecule has 1 fully saturated rings. The standard InChI is InChI=1S/C23H26N4O2S/c1-16-7-3-4-11-20(16)22-25-21(29-26-22)15-27-12-6-8-17(14-27)23(28)24-18-9-5-10-19(13-18)30-2/h3-5,7,9-11,13,17H,6,8,12,14-15H2,1-2H3,(H,24,28). The number of likely N-dealkylation sites (tertiary alicyclic amines) is 1. The summed E-state index contributed by atoms with van der Waals surface area (Å²) in [6.07, 6.45) is 3.90. The average Bonchev–Trinajstić information content (AvgIpc) is 3.22. The summed E-state index contributed by atoms with van der Waals surface area (Å²) in [5, 5.41) is 7.22. The van der Waals surface area contributed by atoms with Crippen LogP contribution in [0.4, 0.5) is 5.69 Å². The van der Waals surface area contributed by atoms with Gasteiger partial charge in [-0.3, -0.25) is 9.69 Å². The summed E-state index contributed by atoms with van der Waals surface area (Å²) in [6.45, 7) is 4.21. The number of hydrogen-bond acceptors (Lipinski definition) is 6.